The number of hydrogen-bond acceptors (Lipinski definition) is 2. The largest absolute Gasteiger partial charge is 0.488 e. The lowest BCUT2D eigenvalue weighted by molar-refractivity contribution is 0.242. The minimum absolute atomic E-state index is 0.247. The van der Waals surface area contributed by atoms with Crippen LogP contribution >= 0.6 is 0 Å². The van der Waals surface area contributed by atoms with E-state index >= 15 is 0 Å². The third kappa shape index (κ3) is 3.92. The van der Waals surface area contributed by atoms with Crippen LogP contribution in [-0.4, -0.2) is 19.2 Å². The third-order valence-corrected chi connectivity index (χ3v) is 3.97. The van der Waals surface area contributed by atoms with Crippen LogP contribution in [0.2, 0.25) is 0 Å². The van der Waals surface area contributed by atoms with Crippen LogP contribution in [0.4, 0.5) is 8.78 Å². The monoisotopic (exact) mass is 283 g/mol. The Labute approximate surface area is 119 Å². The Morgan fingerprint density at radius 1 is 1.25 bits per heavy atom. The van der Waals surface area contributed by atoms with E-state index in [1.165, 1.54) is 37.5 Å². The van der Waals surface area contributed by atoms with E-state index in [1.807, 2.05) is 0 Å². The van der Waals surface area contributed by atoms with Crippen molar-refractivity contribution in [3.05, 3.63) is 29.8 Å². The summed E-state index contributed by atoms with van der Waals surface area (Å²) in [6, 6.07) is 4.32. The number of benzene rings is 1. The van der Waals surface area contributed by atoms with Gasteiger partial charge >= 0.3 is 0 Å². The quantitative estimate of drug-likeness (QED) is 0.819. The van der Waals surface area contributed by atoms with E-state index in [2.05, 4.69) is 12.2 Å². The molecule has 1 aromatic rings. The molecule has 0 radical (unpaired) electrons. The minimum atomic E-state index is -0.628. The van der Waals surface area contributed by atoms with Crippen LogP contribution in [0.15, 0.2) is 18.2 Å². The zero-order valence-electron chi connectivity index (χ0n) is 12.0. The average Bonchev–Trinajstić information content (AvgIpc) is 2.87. The predicted octanol–water partition coefficient (Wildman–Crippen LogP) is 3.90. The molecule has 4 heteroatoms. The molecule has 0 aliphatic heterocycles. The smallest absolute Gasteiger partial charge is 0.190 e. The van der Waals surface area contributed by atoms with Gasteiger partial charge in [-0.2, -0.15) is 0 Å². The first-order valence-corrected chi connectivity index (χ1v) is 7.52. The van der Waals surface area contributed by atoms with Crippen LogP contribution in [0.25, 0.3) is 0 Å². The maximum absolute atomic E-state index is 13.4. The van der Waals surface area contributed by atoms with E-state index in [1.54, 1.807) is 0 Å². The van der Waals surface area contributed by atoms with Crippen molar-refractivity contribution in [2.24, 2.45) is 5.92 Å². The highest BCUT2D eigenvalue weighted by atomic mass is 19.1. The summed E-state index contributed by atoms with van der Waals surface area (Å²) in [5.41, 5.74) is 0. The van der Waals surface area contributed by atoms with Crippen molar-refractivity contribution in [1.29, 1.82) is 0 Å². The summed E-state index contributed by atoms with van der Waals surface area (Å²) < 4.78 is 32.1. The minimum Gasteiger partial charge on any atom is -0.488 e. The summed E-state index contributed by atoms with van der Waals surface area (Å²) in [7, 11) is 0. The molecule has 1 aliphatic carbocycles. The van der Waals surface area contributed by atoms with E-state index in [0.717, 1.165) is 19.4 Å². The molecule has 0 heterocycles. The molecule has 0 spiro atoms. The van der Waals surface area contributed by atoms with Crippen molar-refractivity contribution >= 4 is 0 Å². The summed E-state index contributed by atoms with van der Waals surface area (Å²) in [5.74, 6) is -0.950. The molecule has 1 aromatic carbocycles. The van der Waals surface area contributed by atoms with Crippen LogP contribution in [-0.2, 0) is 0 Å². The molecule has 0 aromatic heterocycles. The second kappa shape index (κ2) is 7.58. The first-order valence-electron chi connectivity index (χ1n) is 7.52. The molecule has 0 bridgehead atoms. The molecule has 1 fully saturated rings. The van der Waals surface area contributed by atoms with E-state index < -0.39 is 11.6 Å². The van der Waals surface area contributed by atoms with Gasteiger partial charge < -0.3 is 10.1 Å². The highest BCUT2D eigenvalue weighted by Gasteiger charge is 2.26. The van der Waals surface area contributed by atoms with Crippen molar-refractivity contribution in [1.82, 2.24) is 5.32 Å². The van der Waals surface area contributed by atoms with Gasteiger partial charge in [0.25, 0.3) is 0 Å². The van der Waals surface area contributed by atoms with Crippen LogP contribution in [0.1, 0.15) is 39.0 Å². The van der Waals surface area contributed by atoms with Crippen molar-refractivity contribution in [3.63, 3.8) is 0 Å². The molecule has 0 amide bonds. The van der Waals surface area contributed by atoms with E-state index in [0.29, 0.717) is 18.6 Å². The van der Waals surface area contributed by atoms with Gasteiger partial charge in [-0.3, -0.25) is 0 Å². The van der Waals surface area contributed by atoms with Gasteiger partial charge in [0, 0.05) is 6.04 Å². The molecule has 2 atom stereocenters. The normalized spacial score (nSPS) is 22.1. The topological polar surface area (TPSA) is 21.3 Å². The summed E-state index contributed by atoms with van der Waals surface area (Å²) in [5, 5.41) is 3.55. The van der Waals surface area contributed by atoms with Crippen LogP contribution in [0.5, 0.6) is 5.75 Å². The van der Waals surface area contributed by atoms with Crippen molar-refractivity contribution in [3.8, 4) is 5.75 Å². The van der Waals surface area contributed by atoms with Gasteiger partial charge in [-0.25, -0.2) is 8.78 Å². The molecular weight excluding hydrogens is 260 g/mol. The Bertz CT molecular complexity index is 405. The number of para-hydroxylation sites is 1. The first-order chi connectivity index (χ1) is 9.72. The lowest BCUT2D eigenvalue weighted by Crippen LogP contribution is -2.33. The highest BCUT2D eigenvalue weighted by Crippen LogP contribution is 2.29. The summed E-state index contributed by atoms with van der Waals surface area (Å²) >= 11 is 0. The first kappa shape index (κ1) is 15.2. The highest BCUT2D eigenvalue weighted by molar-refractivity contribution is 5.25. The Hall–Kier alpha value is -1.16. The molecule has 20 heavy (non-hydrogen) atoms. The standard InChI is InChI=1S/C16H23F2NO/c1-2-10-19-15-8-3-5-12(15)9-11-20-16-13(17)6-4-7-14(16)18/h4,6-7,12,15,19H,2-3,5,8-11H2,1H3. The third-order valence-electron chi connectivity index (χ3n) is 3.97. The van der Waals surface area contributed by atoms with Crippen LogP contribution in [0, 0.1) is 17.6 Å². The van der Waals surface area contributed by atoms with E-state index in [-0.39, 0.29) is 5.75 Å². The number of rotatable bonds is 7. The van der Waals surface area contributed by atoms with E-state index in [9.17, 15) is 8.78 Å². The van der Waals surface area contributed by atoms with Gasteiger partial charge in [0.05, 0.1) is 6.61 Å². The molecule has 1 aliphatic rings. The molecule has 1 N–H and O–H groups in total. The Morgan fingerprint density at radius 2 is 2.00 bits per heavy atom. The van der Waals surface area contributed by atoms with E-state index in [4.69, 9.17) is 4.74 Å². The summed E-state index contributed by atoms with van der Waals surface area (Å²) in [4.78, 5) is 0. The van der Waals surface area contributed by atoms with Gasteiger partial charge in [-0.05, 0) is 50.3 Å². The zero-order chi connectivity index (χ0) is 14.4. The number of ether oxygens (including phenoxy) is 1. The molecule has 2 nitrogen and oxygen atoms in total. The van der Waals surface area contributed by atoms with Crippen molar-refractivity contribution in [2.45, 2.75) is 45.1 Å². The maximum atomic E-state index is 13.4. The number of nitrogens with one attached hydrogen (secondary N) is 1. The van der Waals surface area contributed by atoms with Crippen molar-refractivity contribution < 1.29 is 13.5 Å². The SMILES string of the molecule is CCCNC1CCCC1CCOc1c(F)cccc1F. The fraction of sp³-hybridized carbons (Fsp3) is 0.625. The van der Waals surface area contributed by atoms with Crippen LogP contribution in [0.3, 0.4) is 0 Å². The fourth-order valence-corrected chi connectivity index (χ4v) is 2.91. The molecule has 2 unspecified atom stereocenters. The maximum Gasteiger partial charge on any atom is 0.190 e. The molecule has 1 saturated carbocycles. The second-order valence-electron chi connectivity index (χ2n) is 5.44. The molecule has 0 saturated heterocycles. The second-order valence-corrected chi connectivity index (χ2v) is 5.44. The lowest BCUT2D eigenvalue weighted by atomic mass is 10.00. The fourth-order valence-electron chi connectivity index (χ4n) is 2.91. The Balaban J connectivity index is 1.80. The molecular formula is C16H23F2NO. The number of hydrogen-bond donors (Lipinski definition) is 1. The molecule has 112 valence electrons. The van der Waals surface area contributed by atoms with Crippen LogP contribution < -0.4 is 10.1 Å². The predicted molar refractivity (Wildman–Crippen MR) is 75.9 cm³/mol. The lowest BCUT2D eigenvalue weighted by Gasteiger charge is -2.21. The van der Waals surface area contributed by atoms with Gasteiger partial charge in [0.15, 0.2) is 17.4 Å². The van der Waals surface area contributed by atoms with Gasteiger partial charge in [0.1, 0.15) is 0 Å². The van der Waals surface area contributed by atoms with Gasteiger partial charge in [-0.1, -0.05) is 19.4 Å². The Morgan fingerprint density at radius 3 is 2.70 bits per heavy atom. The summed E-state index contributed by atoms with van der Waals surface area (Å²) in [6.45, 7) is 3.55. The van der Waals surface area contributed by atoms with Crippen molar-refractivity contribution in [2.75, 3.05) is 13.2 Å². The van der Waals surface area contributed by atoms with Gasteiger partial charge in [-0.15, -0.1) is 0 Å². The zero-order valence-corrected chi connectivity index (χ0v) is 12.0. The molecule has 2 rings (SSSR count). The van der Waals surface area contributed by atoms with Gasteiger partial charge in [0.2, 0.25) is 0 Å². The summed E-state index contributed by atoms with van der Waals surface area (Å²) in [6.07, 6.45) is 5.55. The average molecular weight is 283 g/mol. The Kier molecular flexibility index (Phi) is 5.77. The number of halogens is 2.